The Morgan fingerprint density at radius 1 is 1.21 bits per heavy atom. The van der Waals surface area contributed by atoms with Crippen LogP contribution < -0.4 is 0 Å². The molecule has 78 valence electrons. The smallest absolute Gasteiger partial charge is 0.0211 e. The maximum absolute atomic E-state index is 3.75. The molecule has 0 aromatic heterocycles. The molecule has 1 rings (SSSR count). The molecule has 0 heterocycles. The molecule has 0 aliphatic rings. The summed E-state index contributed by atoms with van der Waals surface area (Å²) in [5.74, 6) is 0.586. The lowest BCUT2D eigenvalue weighted by Crippen LogP contribution is -2.08. The maximum Gasteiger partial charge on any atom is 0.0211 e. The highest BCUT2D eigenvalue weighted by Gasteiger charge is 2.14. The van der Waals surface area contributed by atoms with Crippen LogP contribution in [0.1, 0.15) is 38.2 Å². The molecule has 0 aliphatic heterocycles. The number of hydrogen-bond donors (Lipinski definition) is 0. The van der Waals surface area contributed by atoms with Gasteiger partial charge in [0.25, 0.3) is 0 Å². The third-order valence-electron chi connectivity index (χ3n) is 2.50. The Kier molecular flexibility index (Phi) is 5.18. The first-order valence-electron chi connectivity index (χ1n) is 5.04. The van der Waals surface area contributed by atoms with E-state index < -0.39 is 0 Å². The first-order chi connectivity index (χ1) is 6.65. The minimum atomic E-state index is 0.586. The van der Waals surface area contributed by atoms with Crippen LogP contribution in [0.5, 0.6) is 0 Å². The van der Waals surface area contributed by atoms with Crippen molar-refractivity contribution >= 4 is 31.9 Å². The summed E-state index contributed by atoms with van der Waals surface area (Å²) in [6.45, 7) is 4.50. The average molecular weight is 320 g/mol. The van der Waals surface area contributed by atoms with E-state index in [-0.39, 0.29) is 0 Å². The lowest BCUT2D eigenvalue weighted by Gasteiger charge is -2.18. The number of alkyl halides is 1. The van der Waals surface area contributed by atoms with Crippen molar-refractivity contribution in [1.29, 1.82) is 0 Å². The topological polar surface area (TPSA) is 0 Å². The minimum Gasteiger partial charge on any atom is -0.0884 e. The van der Waals surface area contributed by atoms with Crippen LogP contribution in [0.15, 0.2) is 28.7 Å². The summed E-state index contributed by atoms with van der Waals surface area (Å²) in [6, 6.07) is 8.60. The normalized spacial score (nSPS) is 15.1. The van der Waals surface area contributed by atoms with E-state index in [0.717, 1.165) is 4.47 Å². The zero-order chi connectivity index (χ0) is 10.6. The van der Waals surface area contributed by atoms with Crippen LogP contribution in [0.4, 0.5) is 0 Å². The van der Waals surface area contributed by atoms with Crippen LogP contribution in [0.25, 0.3) is 0 Å². The molecular formula is C12H16Br2. The Morgan fingerprint density at radius 2 is 1.79 bits per heavy atom. The molecule has 0 nitrogen and oxygen atoms in total. The number of halogens is 2. The Hall–Kier alpha value is 0.180. The van der Waals surface area contributed by atoms with Crippen LogP contribution in [0.2, 0.25) is 0 Å². The van der Waals surface area contributed by atoms with E-state index >= 15 is 0 Å². The van der Waals surface area contributed by atoms with Gasteiger partial charge in [-0.3, -0.25) is 0 Å². The third kappa shape index (κ3) is 3.39. The fourth-order valence-corrected chi connectivity index (χ4v) is 2.53. The van der Waals surface area contributed by atoms with Crippen LogP contribution in [-0.4, -0.2) is 4.83 Å². The summed E-state index contributed by atoms with van der Waals surface area (Å²) in [5, 5.41) is 0. The molecule has 0 N–H and O–H groups in total. The van der Waals surface area contributed by atoms with E-state index in [1.54, 1.807) is 0 Å². The molecule has 1 aromatic rings. The van der Waals surface area contributed by atoms with Gasteiger partial charge in [-0.15, -0.1) is 0 Å². The molecule has 2 atom stereocenters. The number of hydrogen-bond acceptors (Lipinski definition) is 0. The third-order valence-corrected chi connectivity index (χ3v) is 4.28. The largest absolute Gasteiger partial charge is 0.0884 e. The van der Waals surface area contributed by atoms with Crippen molar-refractivity contribution in [2.75, 3.05) is 0 Å². The fraction of sp³-hybridized carbons (Fsp3) is 0.500. The van der Waals surface area contributed by atoms with Gasteiger partial charge in [0.2, 0.25) is 0 Å². The molecule has 14 heavy (non-hydrogen) atoms. The lowest BCUT2D eigenvalue weighted by atomic mass is 9.96. The zero-order valence-corrected chi connectivity index (χ0v) is 11.8. The van der Waals surface area contributed by atoms with Crippen molar-refractivity contribution in [2.45, 2.75) is 37.4 Å². The van der Waals surface area contributed by atoms with Crippen molar-refractivity contribution in [3.8, 4) is 0 Å². The van der Waals surface area contributed by atoms with Gasteiger partial charge < -0.3 is 0 Å². The first-order valence-corrected chi connectivity index (χ1v) is 6.75. The van der Waals surface area contributed by atoms with Gasteiger partial charge in [-0.2, -0.15) is 0 Å². The average Bonchev–Trinajstić information content (AvgIpc) is 2.18. The van der Waals surface area contributed by atoms with Crippen LogP contribution in [-0.2, 0) is 0 Å². The molecule has 0 bridgehead atoms. The van der Waals surface area contributed by atoms with E-state index in [0.29, 0.717) is 10.7 Å². The highest BCUT2D eigenvalue weighted by Crippen LogP contribution is 2.28. The summed E-state index contributed by atoms with van der Waals surface area (Å²) in [7, 11) is 0. The van der Waals surface area contributed by atoms with E-state index in [4.69, 9.17) is 0 Å². The van der Waals surface area contributed by atoms with Gasteiger partial charge in [0, 0.05) is 9.30 Å². The van der Waals surface area contributed by atoms with Crippen molar-refractivity contribution in [1.82, 2.24) is 0 Å². The Labute approximate surface area is 103 Å². The van der Waals surface area contributed by atoms with Gasteiger partial charge in [0.05, 0.1) is 0 Å². The molecule has 0 spiro atoms. The molecule has 1 aromatic carbocycles. The summed E-state index contributed by atoms with van der Waals surface area (Å²) in [6.07, 6.45) is 2.47. The highest BCUT2D eigenvalue weighted by molar-refractivity contribution is 9.10. The minimum absolute atomic E-state index is 0.586. The van der Waals surface area contributed by atoms with Crippen molar-refractivity contribution < 1.29 is 0 Å². The van der Waals surface area contributed by atoms with Crippen molar-refractivity contribution in [2.24, 2.45) is 0 Å². The van der Waals surface area contributed by atoms with Gasteiger partial charge in [0.15, 0.2) is 0 Å². The van der Waals surface area contributed by atoms with Crippen LogP contribution >= 0.6 is 31.9 Å². The van der Waals surface area contributed by atoms with E-state index in [1.807, 2.05) is 0 Å². The number of rotatable bonds is 4. The number of benzene rings is 1. The quantitative estimate of drug-likeness (QED) is 0.676. The Bertz CT molecular complexity index is 266. The molecular weight excluding hydrogens is 304 g/mol. The second-order valence-corrected chi connectivity index (χ2v) is 5.74. The van der Waals surface area contributed by atoms with Gasteiger partial charge in [-0.25, -0.2) is 0 Å². The standard InChI is InChI=1S/C12H16Br2/c1-3-4-12(14)9(2)10-5-7-11(13)8-6-10/h5-9,12H,3-4H2,1-2H3. The molecule has 2 unspecified atom stereocenters. The zero-order valence-electron chi connectivity index (χ0n) is 8.63. The van der Waals surface area contributed by atoms with Crippen LogP contribution in [0.3, 0.4) is 0 Å². The van der Waals surface area contributed by atoms with Gasteiger partial charge >= 0.3 is 0 Å². The molecule has 0 fully saturated rings. The maximum atomic E-state index is 3.75. The monoisotopic (exact) mass is 318 g/mol. The second kappa shape index (κ2) is 5.92. The molecule has 2 heteroatoms. The van der Waals surface area contributed by atoms with Crippen LogP contribution in [0, 0.1) is 0 Å². The van der Waals surface area contributed by atoms with Crippen molar-refractivity contribution in [3.05, 3.63) is 34.3 Å². The molecule has 0 saturated heterocycles. The second-order valence-electron chi connectivity index (χ2n) is 3.64. The Balaban J connectivity index is 2.68. The Morgan fingerprint density at radius 3 is 2.29 bits per heavy atom. The first kappa shape index (κ1) is 12.3. The van der Waals surface area contributed by atoms with Gasteiger partial charge in [-0.05, 0) is 30.0 Å². The van der Waals surface area contributed by atoms with E-state index in [2.05, 4.69) is 70.0 Å². The molecule has 0 aliphatic carbocycles. The van der Waals surface area contributed by atoms with Crippen molar-refractivity contribution in [3.63, 3.8) is 0 Å². The summed E-state index contributed by atoms with van der Waals surface area (Å²) in [5.41, 5.74) is 1.41. The fourth-order valence-electron chi connectivity index (χ4n) is 1.50. The predicted octanol–water partition coefficient (Wildman–Crippen LogP) is 5.12. The van der Waals surface area contributed by atoms with E-state index in [1.165, 1.54) is 18.4 Å². The summed E-state index contributed by atoms with van der Waals surface area (Å²) >= 11 is 7.20. The molecule has 0 amide bonds. The van der Waals surface area contributed by atoms with E-state index in [9.17, 15) is 0 Å². The lowest BCUT2D eigenvalue weighted by molar-refractivity contribution is 0.651. The summed E-state index contributed by atoms with van der Waals surface area (Å²) in [4.78, 5) is 0.591. The predicted molar refractivity (Wildman–Crippen MR) is 70.2 cm³/mol. The van der Waals surface area contributed by atoms with Gasteiger partial charge in [0.1, 0.15) is 0 Å². The highest BCUT2D eigenvalue weighted by atomic mass is 79.9. The molecule has 0 saturated carbocycles. The van der Waals surface area contributed by atoms with Gasteiger partial charge in [-0.1, -0.05) is 64.3 Å². The SMILES string of the molecule is CCCC(Br)C(C)c1ccc(Br)cc1. The summed E-state index contributed by atoms with van der Waals surface area (Å²) < 4.78 is 1.15. The molecule has 0 radical (unpaired) electrons.